The number of hydrogen-bond donors (Lipinski definition) is 1. The van der Waals surface area contributed by atoms with Crippen LogP contribution in [0.3, 0.4) is 0 Å². The molecule has 0 bridgehead atoms. The van der Waals surface area contributed by atoms with Crippen LogP contribution in [0.1, 0.15) is 17.7 Å². The molecular formula is C15H15ClN2O2S. The minimum Gasteiger partial charge on any atom is -0.368 e. The van der Waals surface area contributed by atoms with Crippen LogP contribution in [0, 0.1) is 6.92 Å². The van der Waals surface area contributed by atoms with Crippen LogP contribution in [0.15, 0.2) is 24.3 Å². The Hall–Kier alpha value is -1.43. The zero-order valence-corrected chi connectivity index (χ0v) is 13.1. The maximum atomic E-state index is 12.0. The van der Waals surface area contributed by atoms with Crippen molar-refractivity contribution < 1.29 is 9.53 Å². The fourth-order valence-corrected chi connectivity index (χ4v) is 3.35. The molecule has 1 aliphatic rings. The summed E-state index contributed by atoms with van der Waals surface area (Å²) in [5.74, 6) is -0.112. The number of hydrogen-bond acceptors (Lipinski definition) is 4. The SMILES string of the molecule is Cc1sc(NC(=O)[C@H]2CCCO2)nc1-c1cccc(Cl)c1. The first-order chi connectivity index (χ1) is 10.1. The molecule has 0 unspecified atom stereocenters. The third kappa shape index (κ3) is 3.26. The van der Waals surface area contributed by atoms with Gasteiger partial charge in [-0.1, -0.05) is 23.7 Å². The van der Waals surface area contributed by atoms with Gasteiger partial charge in [-0.25, -0.2) is 4.98 Å². The van der Waals surface area contributed by atoms with E-state index in [9.17, 15) is 4.79 Å². The second kappa shape index (κ2) is 6.13. The second-order valence-electron chi connectivity index (χ2n) is 4.93. The maximum Gasteiger partial charge on any atom is 0.255 e. The summed E-state index contributed by atoms with van der Waals surface area (Å²) in [5.41, 5.74) is 1.80. The molecule has 0 radical (unpaired) electrons. The molecule has 110 valence electrons. The lowest BCUT2D eigenvalue weighted by atomic mass is 10.1. The Kier molecular flexibility index (Phi) is 4.24. The first-order valence-electron chi connectivity index (χ1n) is 6.79. The molecule has 6 heteroatoms. The van der Waals surface area contributed by atoms with Crippen LogP contribution < -0.4 is 5.32 Å². The summed E-state index contributed by atoms with van der Waals surface area (Å²) in [6, 6.07) is 7.54. The number of halogens is 1. The van der Waals surface area contributed by atoms with Crippen LogP contribution in [0.4, 0.5) is 5.13 Å². The largest absolute Gasteiger partial charge is 0.368 e. The number of aromatic nitrogens is 1. The number of aryl methyl sites for hydroxylation is 1. The highest BCUT2D eigenvalue weighted by Crippen LogP contribution is 2.31. The molecule has 1 amide bonds. The number of anilines is 1. The Morgan fingerprint density at radius 3 is 3.10 bits per heavy atom. The highest BCUT2D eigenvalue weighted by Gasteiger charge is 2.24. The molecule has 1 fully saturated rings. The third-order valence-corrected chi connectivity index (χ3v) is 4.47. The van der Waals surface area contributed by atoms with E-state index in [1.54, 1.807) is 0 Å². The first-order valence-corrected chi connectivity index (χ1v) is 7.99. The van der Waals surface area contributed by atoms with Gasteiger partial charge < -0.3 is 4.74 Å². The lowest BCUT2D eigenvalue weighted by Crippen LogP contribution is -2.26. The van der Waals surface area contributed by atoms with Gasteiger partial charge in [0.1, 0.15) is 6.10 Å². The number of ether oxygens (including phenoxy) is 1. The zero-order chi connectivity index (χ0) is 14.8. The molecule has 0 aliphatic carbocycles. The minimum atomic E-state index is -0.344. The van der Waals surface area contributed by atoms with E-state index in [-0.39, 0.29) is 12.0 Å². The number of carbonyl (C=O) groups excluding carboxylic acids is 1. The molecule has 21 heavy (non-hydrogen) atoms. The van der Waals surface area contributed by atoms with Crippen LogP contribution >= 0.6 is 22.9 Å². The molecule has 4 nitrogen and oxygen atoms in total. The van der Waals surface area contributed by atoms with Gasteiger partial charge >= 0.3 is 0 Å². The zero-order valence-electron chi connectivity index (χ0n) is 11.6. The van der Waals surface area contributed by atoms with Gasteiger partial charge in [0.05, 0.1) is 5.69 Å². The number of carbonyl (C=O) groups is 1. The van der Waals surface area contributed by atoms with Crippen molar-refractivity contribution in [3.05, 3.63) is 34.2 Å². The molecule has 1 aromatic carbocycles. The fraction of sp³-hybridized carbons (Fsp3) is 0.333. The summed E-state index contributed by atoms with van der Waals surface area (Å²) in [6.45, 7) is 2.64. The molecule has 0 saturated carbocycles. The van der Waals surface area contributed by atoms with E-state index < -0.39 is 0 Å². The standard InChI is InChI=1S/C15H15ClN2O2S/c1-9-13(10-4-2-5-11(16)8-10)17-15(21-9)18-14(19)12-6-3-7-20-12/h2,4-5,8,12H,3,6-7H2,1H3,(H,17,18,19)/t12-/m1/s1. The predicted molar refractivity (Wildman–Crippen MR) is 84.9 cm³/mol. The van der Waals surface area contributed by atoms with Crippen molar-refractivity contribution in [3.8, 4) is 11.3 Å². The molecule has 1 N–H and O–H groups in total. The Balaban J connectivity index is 1.79. The van der Waals surface area contributed by atoms with E-state index in [2.05, 4.69) is 10.3 Å². The van der Waals surface area contributed by atoms with Crippen molar-refractivity contribution >= 4 is 34.0 Å². The minimum absolute atomic E-state index is 0.112. The average molecular weight is 323 g/mol. The Bertz CT molecular complexity index is 665. The van der Waals surface area contributed by atoms with Crippen molar-refractivity contribution in [1.29, 1.82) is 0 Å². The normalized spacial score (nSPS) is 17.9. The number of benzene rings is 1. The predicted octanol–water partition coefficient (Wildman–Crippen LogP) is 3.89. The average Bonchev–Trinajstić information content (AvgIpc) is 3.08. The summed E-state index contributed by atoms with van der Waals surface area (Å²) < 4.78 is 5.37. The van der Waals surface area contributed by atoms with Crippen molar-refractivity contribution in [2.24, 2.45) is 0 Å². The van der Waals surface area contributed by atoms with E-state index in [0.29, 0.717) is 16.8 Å². The third-order valence-electron chi connectivity index (χ3n) is 3.35. The van der Waals surface area contributed by atoms with Crippen LogP contribution in [0.5, 0.6) is 0 Å². The summed E-state index contributed by atoms with van der Waals surface area (Å²) in [6.07, 6.45) is 1.36. The van der Waals surface area contributed by atoms with Gasteiger partial charge in [0.15, 0.2) is 5.13 Å². The number of amides is 1. The van der Waals surface area contributed by atoms with Crippen molar-refractivity contribution in [3.63, 3.8) is 0 Å². The fourth-order valence-electron chi connectivity index (χ4n) is 2.32. The quantitative estimate of drug-likeness (QED) is 0.932. The van der Waals surface area contributed by atoms with Crippen LogP contribution in [-0.2, 0) is 9.53 Å². The molecule has 1 aliphatic heterocycles. The smallest absolute Gasteiger partial charge is 0.255 e. The Morgan fingerprint density at radius 1 is 1.52 bits per heavy atom. The molecule has 3 rings (SSSR count). The highest BCUT2D eigenvalue weighted by molar-refractivity contribution is 7.16. The monoisotopic (exact) mass is 322 g/mol. The second-order valence-corrected chi connectivity index (χ2v) is 6.56. The molecule has 0 spiro atoms. The van der Waals surface area contributed by atoms with E-state index in [1.165, 1.54) is 11.3 Å². The molecule has 1 saturated heterocycles. The van der Waals surface area contributed by atoms with Crippen molar-refractivity contribution in [2.75, 3.05) is 11.9 Å². The summed E-state index contributed by atoms with van der Waals surface area (Å²) in [4.78, 5) is 17.6. The number of thiazole rings is 1. The van der Waals surface area contributed by atoms with Gasteiger partial charge in [0.25, 0.3) is 5.91 Å². The molecule has 1 aromatic heterocycles. The van der Waals surface area contributed by atoms with Gasteiger partial charge in [0, 0.05) is 22.1 Å². The van der Waals surface area contributed by atoms with Gasteiger partial charge in [0.2, 0.25) is 0 Å². The van der Waals surface area contributed by atoms with Gasteiger partial charge in [-0.15, -0.1) is 11.3 Å². The lowest BCUT2D eigenvalue weighted by molar-refractivity contribution is -0.124. The van der Waals surface area contributed by atoms with E-state index >= 15 is 0 Å². The van der Waals surface area contributed by atoms with E-state index in [1.807, 2.05) is 31.2 Å². The topological polar surface area (TPSA) is 51.2 Å². The number of nitrogens with one attached hydrogen (secondary N) is 1. The van der Waals surface area contributed by atoms with Gasteiger partial charge in [-0.2, -0.15) is 0 Å². The maximum absolute atomic E-state index is 12.0. The highest BCUT2D eigenvalue weighted by atomic mass is 35.5. The van der Waals surface area contributed by atoms with Gasteiger partial charge in [-0.3, -0.25) is 10.1 Å². The van der Waals surface area contributed by atoms with Crippen molar-refractivity contribution in [1.82, 2.24) is 4.98 Å². The molecule has 2 aromatic rings. The van der Waals surface area contributed by atoms with Crippen molar-refractivity contribution in [2.45, 2.75) is 25.9 Å². The lowest BCUT2D eigenvalue weighted by Gasteiger charge is -2.07. The van der Waals surface area contributed by atoms with Gasteiger partial charge in [-0.05, 0) is 31.9 Å². The molecule has 2 heterocycles. The Morgan fingerprint density at radius 2 is 2.38 bits per heavy atom. The van der Waals surface area contributed by atoms with Crippen LogP contribution in [-0.4, -0.2) is 23.6 Å². The van der Waals surface area contributed by atoms with Crippen LogP contribution in [0.25, 0.3) is 11.3 Å². The number of nitrogens with zero attached hydrogens (tertiary/aromatic N) is 1. The molecule has 1 atom stereocenters. The van der Waals surface area contributed by atoms with E-state index in [4.69, 9.17) is 16.3 Å². The Labute approximate surface area is 132 Å². The first kappa shape index (κ1) is 14.5. The summed E-state index contributed by atoms with van der Waals surface area (Å²) in [7, 11) is 0. The number of rotatable bonds is 3. The van der Waals surface area contributed by atoms with Crippen LogP contribution in [0.2, 0.25) is 5.02 Å². The molecular weight excluding hydrogens is 308 g/mol. The van der Waals surface area contributed by atoms with E-state index in [0.717, 1.165) is 29.0 Å². The summed E-state index contributed by atoms with van der Waals surface area (Å²) >= 11 is 7.47. The summed E-state index contributed by atoms with van der Waals surface area (Å²) in [5, 5.41) is 4.11.